The predicted octanol–water partition coefficient (Wildman–Crippen LogP) is 2.26. The number of allylic oxidation sites excluding steroid dienone is 1. The quantitative estimate of drug-likeness (QED) is 0.559. The Hall–Kier alpha value is -1.85. The second kappa shape index (κ2) is 8.29. The first kappa shape index (κ1) is 15.2. The highest BCUT2D eigenvalue weighted by atomic mass is 16.7. The molecule has 0 aliphatic heterocycles. The van der Waals surface area contributed by atoms with Gasteiger partial charge >= 0.3 is 5.97 Å². The molecule has 1 aromatic rings. The Kier molecular flexibility index (Phi) is 6.63. The Morgan fingerprint density at radius 3 is 2.63 bits per heavy atom. The van der Waals surface area contributed by atoms with Gasteiger partial charge < -0.3 is 18.9 Å². The van der Waals surface area contributed by atoms with Crippen molar-refractivity contribution in [2.45, 2.75) is 6.92 Å². The van der Waals surface area contributed by atoms with Gasteiger partial charge in [0.05, 0.1) is 0 Å². The highest BCUT2D eigenvalue weighted by Gasteiger charge is 2.16. The number of hydrogen-bond acceptors (Lipinski definition) is 5. The van der Waals surface area contributed by atoms with Gasteiger partial charge in [-0.1, -0.05) is 12.2 Å². The van der Waals surface area contributed by atoms with Crippen molar-refractivity contribution in [2.24, 2.45) is 0 Å². The molecule has 0 saturated heterocycles. The van der Waals surface area contributed by atoms with E-state index < -0.39 is 5.97 Å². The molecule has 103 valence electrons. The third kappa shape index (κ3) is 4.39. The predicted molar refractivity (Wildman–Crippen MR) is 69.8 cm³/mol. The lowest BCUT2D eigenvalue weighted by Gasteiger charge is -2.12. The maximum atomic E-state index is 11.9. The summed E-state index contributed by atoms with van der Waals surface area (Å²) in [5, 5.41) is 0. The number of ether oxygens (including phenoxy) is 4. The number of hydrogen-bond donors (Lipinski definition) is 0. The van der Waals surface area contributed by atoms with Crippen LogP contribution >= 0.6 is 0 Å². The van der Waals surface area contributed by atoms with Gasteiger partial charge in [0.2, 0.25) is 0 Å². The van der Waals surface area contributed by atoms with E-state index in [1.54, 1.807) is 6.07 Å². The second-order valence-electron chi connectivity index (χ2n) is 3.54. The summed E-state index contributed by atoms with van der Waals surface area (Å²) in [5.41, 5.74) is 1.01. The van der Waals surface area contributed by atoms with Crippen LogP contribution in [0.15, 0.2) is 18.2 Å². The molecule has 1 rings (SSSR count). The highest BCUT2D eigenvalue weighted by Crippen LogP contribution is 2.26. The second-order valence-corrected chi connectivity index (χ2v) is 3.54. The van der Waals surface area contributed by atoms with Crippen LogP contribution in [-0.2, 0) is 14.2 Å². The topological polar surface area (TPSA) is 54.0 Å². The van der Waals surface area contributed by atoms with E-state index in [4.69, 9.17) is 18.9 Å². The number of carbonyl (C=O) groups is 1. The van der Waals surface area contributed by atoms with E-state index in [2.05, 4.69) is 6.07 Å². The van der Waals surface area contributed by atoms with Crippen molar-refractivity contribution in [3.63, 3.8) is 0 Å². The number of carbonyl (C=O) groups excluding carboxylic acids is 1. The summed E-state index contributed by atoms with van der Waals surface area (Å²) in [6.07, 6.45) is 3.65. The lowest BCUT2D eigenvalue weighted by atomic mass is 10.1. The summed E-state index contributed by atoms with van der Waals surface area (Å²) in [5.74, 6) is -0.129. The molecule has 5 nitrogen and oxygen atoms in total. The molecule has 0 amide bonds. The maximum absolute atomic E-state index is 11.9. The van der Waals surface area contributed by atoms with Gasteiger partial charge in [-0.25, -0.2) is 4.79 Å². The SMILES string of the molecule is CC=Cc1c[c]cc(C(=O)OCOC)c1OCOC. The summed E-state index contributed by atoms with van der Waals surface area (Å²) in [7, 11) is 2.95. The van der Waals surface area contributed by atoms with Crippen LogP contribution in [0.1, 0.15) is 22.8 Å². The smallest absolute Gasteiger partial charge is 0.344 e. The van der Waals surface area contributed by atoms with E-state index in [-0.39, 0.29) is 19.1 Å². The molecular weight excluding hydrogens is 248 g/mol. The normalized spacial score (nSPS) is 10.7. The van der Waals surface area contributed by atoms with Crippen LogP contribution in [0.5, 0.6) is 5.75 Å². The van der Waals surface area contributed by atoms with Gasteiger partial charge in [0.15, 0.2) is 13.6 Å². The third-order valence-corrected chi connectivity index (χ3v) is 2.17. The molecule has 0 N–H and O–H groups in total. The zero-order chi connectivity index (χ0) is 14.1. The molecule has 5 heteroatoms. The first-order valence-electron chi connectivity index (χ1n) is 5.69. The van der Waals surface area contributed by atoms with E-state index >= 15 is 0 Å². The van der Waals surface area contributed by atoms with E-state index in [1.165, 1.54) is 20.3 Å². The van der Waals surface area contributed by atoms with Crippen molar-refractivity contribution in [3.05, 3.63) is 35.4 Å². The van der Waals surface area contributed by atoms with Crippen LogP contribution in [0.4, 0.5) is 0 Å². The molecule has 0 aliphatic carbocycles. The van der Waals surface area contributed by atoms with Crippen molar-refractivity contribution in [2.75, 3.05) is 27.8 Å². The van der Waals surface area contributed by atoms with E-state index in [0.29, 0.717) is 5.75 Å². The Bertz CT molecular complexity index is 439. The molecule has 0 unspecified atom stereocenters. The molecule has 0 spiro atoms. The van der Waals surface area contributed by atoms with Gasteiger partial charge in [0.25, 0.3) is 0 Å². The average molecular weight is 265 g/mol. The molecule has 0 aromatic heterocycles. The van der Waals surface area contributed by atoms with Gasteiger partial charge in [-0.15, -0.1) is 0 Å². The van der Waals surface area contributed by atoms with Crippen molar-refractivity contribution in [1.82, 2.24) is 0 Å². The Balaban J connectivity index is 3.06. The molecule has 1 aromatic carbocycles. The van der Waals surface area contributed by atoms with E-state index in [0.717, 1.165) is 5.56 Å². The molecule has 19 heavy (non-hydrogen) atoms. The fraction of sp³-hybridized carbons (Fsp3) is 0.357. The number of benzene rings is 1. The van der Waals surface area contributed by atoms with Gasteiger partial charge in [-0.2, -0.15) is 0 Å². The molecule has 0 bridgehead atoms. The van der Waals surface area contributed by atoms with E-state index in [1.807, 2.05) is 19.1 Å². The minimum Gasteiger partial charge on any atom is -0.466 e. The standard InChI is InChI=1S/C14H17O5/c1-4-6-11-7-5-8-12(13(11)18-9-16-2)14(15)19-10-17-3/h4,6-8H,9-10H2,1-3H3. The number of rotatable bonds is 7. The van der Waals surface area contributed by atoms with E-state index in [9.17, 15) is 4.79 Å². The summed E-state index contributed by atoms with van der Waals surface area (Å²) in [6.45, 7) is 1.80. The Morgan fingerprint density at radius 1 is 1.26 bits per heavy atom. The Labute approximate surface area is 112 Å². The van der Waals surface area contributed by atoms with Crippen LogP contribution in [0, 0.1) is 6.07 Å². The zero-order valence-electron chi connectivity index (χ0n) is 11.3. The molecule has 0 aliphatic rings. The van der Waals surface area contributed by atoms with Crippen LogP contribution < -0.4 is 4.74 Å². The summed E-state index contributed by atoms with van der Waals surface area (Å²) in [6, 6.07) is 6.11. The third-order valence-electron chi connectivity index (χ3n) is 2.17. The monoisotopic (exact) mass is 265 g/mol. The van der Waals surface area contributed by atoms with Gasteiger partial charge in [0, 0.05) is 19.8 Å². The first-order valence-corrected chi connectivity index (χ1v) is 5.69. The summed E-state index contributed by atoms with van der Waals surface area (Å²) in [4.78, 5) is 11.9. The fourth-order valence-electron chi connectivity index (χ4n) is 1.43. The number of esters is 1. The minimum atomic E-state index is -0.532. The largest absolute Gasteiger partial charge is 0.466 e. The summed E-state index contributed by atoms with van der Waals surface area (Å²) >= 11 is 0. The zero-order valence-corrected chi connectivity index (χ0v) is 11.3. The molecule has 0 atom stereocenters. The van der Waals surface area contributed by atoms with Crippen LogP contribution in [0.3, 0.4) is 0 Å². The molecular formula is C14H17O5. The minimum absolute atomic E-state index is 0.0408. The van der Waals surface area contributed by atoms with Crippen molar-refractivity contribution in [1.29, 1.82) is 0 Å². The lowest BCUT2D eigenvalue weighted by Crippen LogP contribution is -2.11. The molecule has 1 radical (unpaired) electrons. The van der Waals surface area contributed by atoms with Crippen molar-refractivity contribution >= 4 is 12.0 Å². The van der Waals surface area contributed by atoms with Crippen LogP contribution in [0.25, 0.3) is 6.08 Å². The van der Waals surface area contributed by atoms with Gasteiger partial charge in [0.1, 0.15) is 11.3 Å². The van der Waals surface area contributed by atoms with Crippen LogP contribution in [-0.4, -0.2) is 33.8 Å². The summed E-state index contributed by atoms with van der Waals surface area (Å²) < 4.78 is 19.9. The van der Waals surface area contributed by atoms with Gasteiger partial charge in [-0.05, 0) is 25.1 Å². The number of methoxy groups -OCH3 is 2. The fourth-order valence-corrected chi connectivity index (χ4v) is 1.43. The highest BCUT2D eigenvalue weighted by molar-refractivity contribution is 5.93. The molecule has 0 fully saturated rings. The Morgan fingerprint density at radius 2 is 2.00 bits per heavy atom. The van der Waals surface area contributed by atoms with Crippen molar-refractivity contribution < 1.29 is 23.7 Å². The van der Waals surface area contributed by atoms with Gasteiger partial charge in [-0.3, -0.25) is 0 Å². The first-order chi connectivity index (χ1) is 9.24. The molecule has 0 heterocycles. The van der Waals surface area contributed by atoms with Crippen molar-refractivity contribution in [3.8, 4) is 5.75 Å². The van der Waals surface area contributed by atoms with Crippen LogP contribution in [0.2, 0.25) is 0 Å². The average Bonchev–Trinajstić information content (AvgIpc) is 2.43. The maximum Gasteiger partial charge on any atom is 0.344 e. The molecule has 0 saturated carbocycles. The lowest BCUT2D eigenvalue weighted by molar-refractivity contribution is -0.0132.